The van der Waals surface area contributed by atoms with Crippen molar-refractivity contribution < 1.29 is 13.9 Å². The van der Waals surface area contributed by atoms with Gasteiger partial charge in [-0.15, -0.1) is 0 Å². The van der Waals surface area contributed by atoms with E-state index in [2.05, 4.69) is 28.9 Å². The summed E-state index contributed by atoms with van der Waals surface area (Å²) in [7, 11) is 5.77. The molecule has 36 heavy (non-hydrogen) atoms. The number of carbonyl (C=O) groups excluding carboxylic acids is 1. The Morgan fingerprint density at radius 3 is 2.58 bits per heavy atom. The van der Waals surface area contributed by atoms with E-state index in [9.17, 15) is 4.79 Å². The first-order valence-corrected chi connectivity index (χ1v) is 12.2. The highest BCUT2D eigenvalue weighted by molar-refractivity contribution is 6.07. The van der Waals surface area contributed by atoms with Gasteiger partial charge in [0.05, 0.1) is 5.69 Å². The number of likely N-dealkylation sites (N-methyl/N-ethyl adjacent to an activating group) is 1. The van der Waals surface area contributed by atoms with Gasteiger partial charge in [0.2, 0.25) is 0 Å². The van der Waals surface area contributed by atoms with Crippen LogP contribution in [-0.4, -0.2) is 56.1 Å². The number of aromatic amines is 1. The lowest BCUT2D eigenvalue weighted by molar-refractivity contribution is 0.0989. The van der Waals surface area contributed by atoms with Crippen molar-refractivity contribution in [1.82, 2.24) is 9.88 Å². The fourth-order valence-corrected chi connectivity index (χ4v) is 4.70. The van der Waals surface area contributed by atoms with Gasteiger partial charge in [-0.25, -0.2) is 4.39 Å². The molecule has 186 valence electrons. The fourth-order valence-electron chi connectivity index (χ4n) is 4.70. The second-order valence-corrected chi connectivity index (χ2v) is 9.56. The van der Waals surface area contributed by atoms with Crippen LogP contribution in [0.3, 0.4) is 0 Å². The maximum Gasteiger partial charge on any atom is 0.274 e. The third-order valence-corrected chi connectivity index (χ3v) is 6.93. The van der Waals surface area contributed by atoms with Gasteiger partial charge in [-0.3, -0.25) is 4.79 Å². The Morgan fingerprint density at radius 2 is 1.86 bits per heavy atom. The molecule has 2 heterocycles. The van der Waals surface area contributed by atoms with E-state index in [0.29, 0.717) is 29.7 Å². The van der Waals surface area contributed by atoms with Crippen LogP contribution in [0.25, 0.3) is 10.9 Å². The molecule has 1 aliphatic heterocycles. The molecule has 0 spiro atoms. The van der Waals surface area contributed by atoms with E-state index in [4.69, 9.17) is 4.74 Å². The number of nitrogens with one attached hydrogen (secondary N) is 1. The van der Waals surface area contributed by atoms with E-state index >= 15 is 4.39 Å². The topological polar surface area (TPSA) is 51.8 Å². The molecule has 1 fully saturated rings. The molecule has 1 saturated heterocycles. The summed E-state index contributed by atoms with van der Waals surface area (Å²) in [4.78, 5) is 22.1. The van der Waals surface area contributed by atoms with Gasteiger partial charge < -0.3 is 24.4 Å². The lowest BCUT2D eigenvalue weighted by Gasteiger charge is -2.23. The number of amides is 1. The average Bonchev–Trinajstić information content (AvgIpc) is 3.54. The van der Waals surface area contributed by atoms with Crippen molar-refractivity contribution in [1.29, 1.82) is 0 Å². The Labute approximate surface area is 210 Å². The maximum atomic E-state index is 15.0. The molecule has 5 rings (SSSR count). The first kappa shape index (κ1) is 23.9. The highest BCUT2D eigenvalue weighted by Crippen LogP contribution is 2.29. The fraction of sp³-hybridized carbons (Fsp3) is 0.276. The minimum atomic E-state index is -0.316. The van der Waals surface area contributed by atoms with E-state index in [-0.39, 0.29) is 11.7 Å². The van der Waals surface area contributed by atoms with Gasteiger partial charge in [-0.05, 0) is 68.5 Å². The second-order valence-electron chi connectivity index (χ2n) is 9.56. The maximum absolute atomic E-state index is 15.0. The third-order valence-electron chi connectivity index (χ3n) is 6.93. The van der Waals surface area contributed by atoms with Crippen molar-refractivity contribution >= 4 is 28.2 Å². The number of aromatic nitrogens is 1. The van der Waals surface area contributed by atoms with Gasteiger partial charge in [0.15, 0.2) is 0 Å². The summed E-state index contributed by atoms with van der Waals surface area (Å²) in [5, 5.41) is 0.878. The largest absolute Gasteiger partial charge is 0.489 e. The lowest BCUT2D eigenvalue weighted by atomic mass is 10.2. The van der Waals surface area contributed by atoms with E-state index in [0.717, 1.165) is 41.7 Å². The number of hydrogen-bond donors (Lipinski definition) is 1. The first-order chi connectivity index (χ1) is 17.4. The van der Waals surface area contributed by atoms with Crippen LogP contribution >= 0.6 is 0 Å². The minimum absolute atomic E-state index is 0.237. The Morgan fingerprint density at radius 1 is 1.06 bits per heavy atom. The highest BCUT2D eigenvalue weighted by Gasteiger charge is 2.26. The summed E-state index contributed by atoms with van der Waals surface area (Å²) in [5.41, 5.74) is 3.45. The van der Waals surface area contributed by atoms with Crippen LogP contribution in [0.5, 0.6) is 5.75 Å². The Kier molecular flexibility index (Phi) is 6.65. The zero-order valence-corrected chi connectivity index (χ0v) is 20.9. The number of fused-ring (bicyclic) bond motifs is 1. The molecule has 4 aromatic rings. The number of rotatable bonds is 7. The number of anilines is 2. The van der Waals surface area contributed by atoms with Crippen LogP contribution < -0.4 is 14.5 Å². The molecule has 1 N–H and O–H groups in total. The van der Waals surface area contributed by atoms with Crippen molar-refractivity contribution in [3.05, 3.63) is 89.9 Å². The molecule has 1 unspecified atom stereocenters. The van der Waals surface area contributed by atoms with Crippen LogP contribution in [-0.2, 0) is 6.61 Å². The second kappa shape index (κ2) is 10.0. The molecule has 0 bridgehead atoms. The average molecular weight is 487 g/mol. The van der Waals surface area contributed by atoms with Gasteiger partial charge in [-0.2, -0.15) is 0 Å². The molecule has 1 aromatic heterocycles. The Balaban J connectivity index is 1.29. The Bertz CT molecular complexity index is 1370. The monoisotopic (exact) mass is 486 g/mol. The number of nitrogens with zero attached hydrogens (tertiary/aromatic N) is 3. The van der Waals surface area contributed by atoms with Gasteiger partial charge in [0.25, 0.3) is 5.91 Å². The molecule has 1 amide bonds. The lowest BCUT2D eigenvalue weighted by Crippen LogP contribution is -2.31. The van der Waals surface area contributed by atoms with Gasteiger partial charge in [0.1, 0.15) is 23.9 Å². The first-order valence-electron chi connectivity index (χ1n) is 12.2. The summed E-state index contributed by atoms with van der Waals surface area (Å²) in [6.45, 7) is 2.09. The smallest absolute Gasteiger partial charge is 0.274 e. The molecule has 0 radical (unpaired) electrons. The minimum Gasteiger partial charge on any atom is -0.489 e. The zero-order chi connectivity index (χ0) is 25.2. The highest BCUT2D eigenvalue weighted by atomic mass is 19.1. The molecule has 1 aliphatic rings. The SMILES string of the molecule is CN(C(=O)c1cc2cc(OCc3ccccc3)ccc2[nH]1)c1ccc(N2CCC(N(C)C)C2)c(F)c1. The number of hydrogen-bond acceptors (Lipinski definition) is 4. The summed E-state index contributed by atoms with van der Waals surface area (Å²) in [6.07, 6.45) is 1.01. The van der Waals surface area contributed by atoms with Gasteiger partial charge in [0, 0.05) is 42.8 Å². The standard InChI is InChI=1S/C29H31FN4O2/c1-32(2)23-13-14-34(18-23)28-12-9-22(17-25(28)30)33(3)29(35)27-16-21-15-24(10-11-26(21)31-27)36-19-20-7-5-4-6-8-20/h4-12,15-17,23,31H,13-14,18-19H2,1-3H3. The van der Waals surface area contributed by atoms with Crippen LogP contribution in [0.1, 0.15) is 22.5 Å². The van der Waals surface area contributed by atoms with Crippen molar-refractivity contribution in [2.24, 2.45) is 0 Å². The van der Waals surface area contributed by atoms with E-state index in [1.807, 2.05) is 48.5 Å². The summed E-state index contributed by atoms with van der Waals surface area (Å²) >= 11 is 0. The molecule has 7 heteroatoms. The van der Waals surface area contributed by atoms with E-state index in [1.54, 1.807) is 25.2 Å². The van der Waals surface area contributed by atoms with Crippen LogP contribution in [0.4, 0.5) is 15.8 Å². The van der Waals surface area contributed by atoms with E-state index < -0.39 is 0 Å². The quantitative estimate of drug-likeness (QED) is 0.385. The summed E-state index contributed by atoms with van der Waals surface area (Å²) in [5.74, 6) is 0.177. The third kappa shape index (κ3) is 4.93. The predicted molar refractivity (Wildman–Crippen MR) is 143 cm³/mol. The van der Waals surface area contributed by atoms with E-state index in [1.165, 1.54) is 11.0 Å². The molecule has 6 nitrogen and oxygen atoms in total. The van der Waals surface area contributed by atoms with Crippen molar-refractivity contribution in [3.8, 4) is 5.75 Å². The predicted octanol–water partition coefficient (Wildman–Crippen LogP) is 5.30. The molecule has 3 aromatic carbocycles. The van der Waals surface area contributed by atoms with Crippen LogP contribution in [0, 0.1) is 5.82 Å². The zero-order valence-electron chi connectivity index (χ0n) is 20.9. The molecular formula is C29H31FN4O2. The number of ether oxygens (including phenoxy) is 1. The van der Waals surface area contributed by atoms with Gasteiger partial charge in [-0.1, -0.05) is 30.3 Å². The van der Waals surface area contributed by atoms with Crippen LogP contribution in [0.2, 0.25) is 0 Å². The summed E-state index contributed by atoms with van der Waals surface area (Å²) in [6, 6.07) is 22.9. The molecule has 1 atom stereocenters. The number of H-pyrrole nitrogens is 1. The van der Waals surface area contributed by atoms with Crippen molar-refractivity contribution in [3.63, 3.8) is 0 Å². The normalized spacial score (nSPS) is 15.6. The van der Waals surface area contributed by atoms with Gasteiger partial charge >= 0.3 is 0 Å². The Hall–Kier alpha value is -3.84. The number of halogens is 1. The molecule has 0 aliphatic carbocycles. The molecule has 0 saturated carbocycles. The van der Waals surface area contributed by atoms with Crippen molar-refractivity contribution in [2.75, 3.05) is 44.0 Å². The van der Waals surface area contributed by atoms with Crippen LogP contribution in [0.15, 0.2) is 72.8 Å². The molecular weight excluding hydrogens is 455 g/mol. The van der Waals surface area contributed by atoms with Crippen molar-refractivity contribution in [2.45, 2.75) is 19.1 Å². The number of benzene rings is 3. The number of carbonyl (C=O) groups is 1. The summed E-state index contributed by atoms with van der Waals surface area (Å²) < 4.78 is 21.0.